The Morgan fingerprint density at radius 3 is 1.92 bits per heavy atom. The minimum absolute atomic E-state index is 0.0362. The lowest BCUT2D eigenvalue weighted by atomic mass is 9.88. The Labute approximate surface area is 548 Å². The van der Waals surface area contributed by atoms with Gasteiger partial charge in [-0.05, 0) is 124 Å². The number of aromatic nitrogens is 7. The number of rotatable bonds is 21. The SMILES string of the molecule is CN(c1ncccc1CNc1nc(Nc2ccc3c(c2)CC(=O)N3)ncc1C(F)(F)F)S(C)(=O)=O.COc1cc(P(C)(C)=O)ccc1Nc1ncc(Cl)c(NC2CC=CCC2C(N)=O)n1.CP(C)(=O)c1ccc(Nc2ncc(C(F)(F)F)c(NCCc3ccccc3)n2)cc1. The summed E-state index contributed by atoms with van der Waals surface area (Å²) in [4.78, 5) is 51.6. The Morgan fingerprint density at radius 2 is 1.31 bits per heavy atom. The summed E-state index contributed by atoms with van der Waals surface area (Å²) in [5, 5.41) is 21.9. The molecule has 0 fully saturated rings. The molecule has 9 N–H and O–H groups in total. The van der Waals surface area contributed by atoms with Crippen molar-refractivity contribution in [2.45, 2.75) is 50.6 Å². The van der Waals surface area contributed by atoms with Crippen LogP contribution in [0.3, 0.4) is 0 Å². The van der Waals surface area contributed by atoms with Gasteiger partial charge in [0, 0.05) is 78.0 Å². The van der Waals surface area contributed by atoms with E-state index >= 15 is 0 Å². The number of allylic oxidation sites excluding steroid dienone is 1. The zero-order valence-corrected chi connectivity index (χ0v) is 55.5. The first-order chi connectivity index (χ1) is 44.7. The second kappa shape index (κ2) is 30.4. The fraction of sp³-hybridized carbons (Fsp3) is 0.274. The number of primary amides is 1. The van der Waals surface area contributed by atoms with Gasteiger partial charge in [0.25, 0.3) is 0 Å². The maximum absolute atomic E-state index is 13.6. The molecule has 0 radical (unpaired) electrons. The predicted molar refractivity (Wildman–Crippen MR) is 359 cm³/mol. The summed E-state index contributed by atoms with van der Waals surface area (Å²) in [7, 11) is -5.61. The number of hydrogen-bond donors (Lipinski definition) is 8. The van der Waals surface area contributed by atoms with E-state index in [4.69, 9.17) is 22.1 Å². The molecule has 2 atom stereocenters. The summed E-state index contributed by atoms with van der Waals surface area (Å²) in [6.45, 7) is 6.85. The molecule has 0 saturated carbocycles. The fourth-order valence-corrected chi connectivity index (χ4v) is 11.8. The molecule has 5 heterocycles. The van der Waals surface area contributed by atoms with E-state index in [1.165, 1.54) is 26.6 Å². The number of sulfonamides is 1. The Kier molecular flexibility index (Phi) is 22.8. The smallest absolute Gasteiger partial charge is 0.421 e. The highest BCUT2D eigenvalue weighted by atomic mass is 35.5. The molecule has 2 amide bonds. The van der Waals surface area contributed by atoms with E-state index in [9.17, 15) is 53.5 Å². The molecule has 0 saturated heterocycles. The number of ether oxygens (including phenoxy) is 1. The van der Waals surface area contributed by atoms with Crippen LogP contribution < -0.4 is 62.6 Å². The summed E-state index contributed by atoms with van der Waals surface area (Å²) in [6.07, 6.45) is 1.88. The number of alkyl halides is 6. The lowest BCUT2D eigenvalue weighted by Crippen LogP contribution is -2.39. The minimum atomic E-state index is -4.73. The van der Waals surface area contributed by atoms with Crippen molar-refractivity contribution in [1.82, 2.24) is 34.9 Å². The maximum Gasteiger partial charge on any atom is 0.421 e. The molecule has 23 nitrogen and oxygen atoms in total. The summed E-state index contributed by atoms with van der Waals surface area (Å²) in [5.41, 5.74) is 7.99. The summed E-state index contributed by atoms with van der Waals surface area (Å²) < 4.78 is 135. The highest BCUT2D eigenvalue weighted by Crippen LogP contribution is 2.40. The van der Waals surface area contributed by atoms with Crippen molar-refractivity contribution >= 4 is 122 Å². The monoisotopic (exact) mass is 1390 g/mol. The Bertz CT molecular complexity index is 4320. The topological polar surface area (TPSA) is 315 Å². The number of nitrogens with zero attached hydrogens (tertiary/aromatic N) is 8. The lowest BCUT2D eigenvalue weighted by Gasteiger charge is -2.27. The maximum atomic E-state index is 13.6. The van der Waals surface area contributed by atoms with Crippen LogP contribution in [0.15, 0.2) is 140 Å². The van der Waals surface area contributed by atoms with Crippen molar-refractivity contribution < 1.29 is 58.2 Å². The molecular formula is C62H67ClF6N16O7P2S. The normalized spacial score (nSPS) is 14.5. The molecule has 95 heavy (non-hydrogen) atoms. The molecule has 2 unspecified atom stereocenters. The van der Waals surface area contributed by atoms with Crippen LogP contribution in [0.2, 0.25) is 5.02 Å². The van der Waals surface area contributed by atoms with E-state index in [1.807, 2.05) is 42.5 Å². The van der Waals surface area contributed by atoms with Crippen LogP contribution in [0, 0.1) is 5.92 Å². The van der Waals surface area contributed by atoms with Gasteiger partial charge in [0.05, 0.1) is 37.6 Å². The minimum Gasteiger partial charge on any atom is -0.495 e. The number of anilines is 11. The van der Waals surface area contributed by atoms with Gasteiger partial charge >= 0.3 is 12.4 Å². The molecule has 8 aromatic rings. The molecule has 0 spiro atoms. The predicted octanol–water partition coefficient (Wildman–Crippen LogP) is 11.6. The van der Waals surface area contributed by atoms with Gasteiger partial charge in [-0.2, -0.15) is 41.3 Å². The molecule has 2 aliphatic rings. The van der Waals surface area contributed by atoms with Gasteiger partial charge in [0.15, 0.2) is 5.82 Å². The second-order valence-corrected chi connectivity index (χ2v) is 31.2. The van der Waals surface area contributed by atoms with Gasteiger partial charge in [-0.1, -0.05) is 60.2 Å². The Morgan fingerprint density at radius 1 is 0.726 bits per heavy atom. The van der Waals surface area contributed by atoms with E-state index < -0.39 is 53.6 Å². The number of nitrogens with one attached hydrogen (secondary N) is 7. The molecule has 1 aliphatic carbocycles. The molecule has 4 aromatic heterocycles. The van der Waals surface area contributed by atoms with Crippen LogP contribution in [0.1, 0.15) is 40.7 Å². The highest BCUT2D eigenvalue weighted by Gasteiger charge is 2.37. The third-order valence-electron chi connectivity index (χ3n) is 14.5. The summed E-state index contributed by atoms with van der Waals surface area (Å²) in [6, 6.07) is 29.5. The van der Waals surface area contributed by atoms with Crippen LogP contribution in [-0.2, 0) is 60.5 Å². The van der Waals surface area contributed by atoms with Crippen molar-refractivity contribution in [3.05, 3.63) is 173 Å². The average molecular weight is 1390 g/mol. The Balaban J connectivity index is 0.000000183. The number of benzene rings is 4. The largest absolute Gasteiger partial charge is 0.495 e. The first-order valence-corrected chi connectivity index (χ1v) is 36.3. The highest BCUT2D eigenvalue weighted by molar-refractivity contribution is 7.92. The van der Waals surface area contributed by atoms with Crippen molar-refractivity contribution in [3.8, 4) is 5.75 Å². The number of halogens is 7. The first kappa shape index (κ1) is 71.5. The molecule has 0 bridgehead atoms. The Hall–Kier alpha value is -9.37. The van der Waals surface area contributed by atoms with Crippen LogP contribution in [0.5, 0.6) is 5.75 Å². The number of hydrogen-bond acceptors (Lipinski definition) is 20. The molecule has 33 heteroatoms. The third-order valence-corrected chi connectivity index (χ3v) is 19.0. The fourth-order valence-electron chi connectivity index (χ4n) is 9.43. The standard InChI is InChI=1S/C21H20F3N7O3S.C21H22F3N4OP.C20H25ClN5O3P/c1-31(35(2,33)34)19-12(4-3-7-25-19)10-26-18-15(21(22,23)24)11-27-20(30-18)28-14-5-6-16-13(8-14)9-17(32)29-16;1-30(2,29)17-10-8-16(9-11-17)27-20-26-14-18(21(22,23)24)19(28-20)25-13-12-15-6-4-3-5-7-15;1-29-17-10-12(30(2,3)28)8-9-16(17)25-20-23-11-14(21)19(26-20)24-15-7-5-4-6-13(15)18(22)27/h3-8,11H,9-10H2,1-2H3,(H,29,32)(H2,26,27,28,30);3-11,14H,12-13H2,1-2H3,(H2,25,26,27,28);4-5,8-11,13,15H,6-7H2,1-3H3,(H2,22,27)(H2,23,24,25,26). The number of methoxy groups -OCH3 is 1. The van der Waals surface area contributed by atoms with Gasteiger partial charge < -0.3 is 56.8 Å². The van der Waals surface area contributed by atoms with Gasteiger partial charge in [0.1, 0.15) is 53.6 Å². The van der Waals surface area contributed by atoms with E-state index in [-0.39, 0.29) is 60.3 Å². The molecular weight excluding hydrogens is 1320 g/mol. The number of fused-ring (bicyclic) bond motifs is 1. The van der Waals surface area contributed by atoms with Crippen molar-refractivity contribution in [3.63, 3.8) is 0 Å². The van der Waals surface area contributed by atoms with Gasteiger partial charge in [-0.3, -0.25) is 13.9 Å². The summed E-state index contributed by atoms with van der Waals surface area (Å²) in [5.74, 6) is -0.395. The van der Waals surface area contributed by atoms with E-state index in [0.717, 1.165) is 27.9 Å². The second-order valence-electron chi connectivity index (χ2n) is 22.3. The van der Waals surface area contributed by atoms with E-state index in [1.54, 1.807) is 99.5 Å². The quantitative estimate of drug-likeness (QED) is 0.0188. The number of amides is 2. The zero-order chi connectivity index (χ0) is 69.0. The molecule has 502 valence electrons. The van der Waals surface area contributed by atoms with Crippen molar-refractivity contribution in [2.24, 2.45) is 11.7 Å². The van der Waals surface area contributed by atoms with Crippen LogP contribution in [0.25, 0.3) is 0 Å². The molecule has 4 aromatic carbocycles. The number of pyridine rings is 1. The van der Waals surface area contributed by atoms with E-state index in [0.29, 0.717) is 93.5 Å². The van der Waals surface area contributed by atoms with Crippen LogP contribution in [0.4, 0.5) is 90.2 Å². The number of carbonyl (C=O) groups excluding carboxylic acids is 2. The average Bonchev–Trinajstić information content (AvgIpc) is 1.58. The van der Waals surface area contributed by atoms with Crippen LogP contribution >= 0.6 is 25.9 Å². The lowest BCUT2D eigenvalue weighted by molar-refractivity contribution is -0.138. The number of carbonyl (C=O) groups is 2. The zero-order valence-electron chi connectivity index (χ0n) is 52.1. The van der Waals surface area contributed by atoms with Crippen molar-refractivity contribution in [1.29, 1.82) is 0 Å². The third kappa shape index (κ3) is 19.8. The molecule has 10 rings (SSSR count). The van der Waals surface area contributed by atoms with Gasteiger partial charge in [0.2, 0.25) is 39.7 Å². The first-order valence-electron chi connectivity index (χ1n) is 28.9. The summed E-state index contributed by atoms with van der Waals surface area (Å²) >= 11 is 6.27. The van der Waals surface area contributed by atoms with Crippen LogP contribution in [-0.4, -0.2) is 115 Å². The molecule has 1 aliphatic heterocycles. The number of nitrogens with two attached hydrogens (primary N) is 1. The van der Waals surface area contributed by atoms with E-state index in [2.05, 4.69) is 72.1 Å². The van der Waals surface area contributed by atoms with Gasteiger partial charge in [-0.25, -0.2) is 28.4 Å². The van der Waals surface area contributed by atoms with Gasteiger partial charge in [-0.15, -0.1) is 0 Å². The van der Waals surface area contributed by atoms with Crippen molar-refractivity contribution in [2.75, 3.05) is 95.1 Å².